The Hall–Kier alpha value is -3.54. The number of nitrogens with one attached hydrogen (secondary N) is 1. The Morgan fingerprint density at radius 3 is 2.59 bits per heavy atom. The molecule has 0 bridgehead atoms. The third-order valence-electron chi connectivity index (χ3n) is 5.29. The number of amides is 2. The van der Waals surface area contributed by atoms with Crippen LogP contribution in [0.5, 0.6) is 0 Å². The first kappa shape index (κ1) is 18.8. The minimum atomic E-state index is -1.03. The topological polar surface area (TPSA) is 62.3 Å². The van der Waals surface area contributed by atoms with Crippen molar-refractivity contribution in [3.8, 4) is 0 Å². The summed E-state index contributed by atoms with van der Waals surface area (Å²) in [5.74, 6) is -1.04. The molecule has 1 aliphatic heterocycles. The first-order valence-electron chi connectivity index (χ1n) is 9.32. The zero-order valence-corrected chi connectivity index (χ0v) is 15.9. The molecular weight excluding hydrogens is 369 g/mol. The Bertz CT molecular complexity index is 1070. The third-order valence-corrected chi connectivity index (χ3v) is 5.29. The maximum atomic E-state index is 13.4. The lowest BCUT2D eigenvalue weighted by Gasteiger charge is -2.28. The molecule has 1 atom stereocenters. The average molecular weight is 389 g/mol. The van der Waals surface area contributed by atoms with Gasteiger partial charge in [-0.2, -0.15) is 0 Å². The lowest BCUT2D eigenvalue weighted by atomic mass is 9.73. The van der Waals surface area contributed by atoms with Gasteiger partial charge in [0.15, 0.2) is 0 Å². The zero-order chi connectivity index (χ0) is 20.4. The second-order valence-corrected chi connectivity index (χ2v) is 7.24. The minimum absolute atomic E-state index is 0.0570. The highest BCUT2D eigenvalue weighted by atomic mass is 19.1. The van der Waals surface area contributed by atoms with Crippen molar-refractivity contribution in [3.05, 3.63) is 90.0 Å². The summed E-state index contributed by atoms with van der Waals surface area (Å²) >= 11 is 0. The molecule has 5 nitrogen and oxygen atoms in total. The van der Waals surface area contributed by atoms with Crippen LogP contribution in [0.15, 0.2) is 73.1 Å². The molecule has 0 saturated carbocycles. The quantitative estimate of drug-likeness (QED) is 0.724. The summed E-state index contributed by atoms with van der Waals surface area (Å²) in [6.45, 7) is 0. The molecule has 0 fully saturated rings. The summed E-state index contributed by atoms with van der Waals surface area (Å²) in [5, 5.41) is 2.67. The van der Waals surface area contributed by atoms with E-state index < -0.39 is 11.2 Å². The van der Waals surface area contributed by atoms with E-state index in [1.165, 1.54) is 12.3 Å². The predicted molar refractivity (Wildman–Crippen MR) is 109 cm³/mol. The summed E-state index contributed by atoms with van der Waals surface area (Å²) < 4.78 is 13.4. The standard InChI is InChI=1S/C23H20FN3O2/c1-27-20-10-6-5-9-19(20)23(22(27)29,12-16-7-3-2-4-8-16)13-21(28)26-18-11-17(24)14-25-15-18/h2-11,14-15H,12-13H2,1H3,(H,26,28). The number of benzene rings is 2. The van der Waals surface area contributed by atoms with E-state index in [1.807, 2.05) is 54.6 Å². The second kappa shape index (κ2) is 7.47. The summed E-state index contributed by atoms with van der Waals surface area (Å²) in [4.78, 5) is 31.7. The van der Waals surface area contributed by atoms with Gasteiger partial charge in [0.05, 0.1) is 23.5 Å². The summed E-state index contributed by atoms with van der Waals surface area (Å²) in [6, 6.07) is 18.4. The highest BCUT2D eigenvalue weighted by Gasteiger charge is 2.50. The fourth-order valence-electron chi connectivity index (χ4n) is 4.02. The van der Waals surface area contributed by atoms with Crippen molar-refractivity contribution in [2.24, 2.45) is 0 Å². The molecule has 1 aliphatic rings. The first-order valence-corrected chi connectivity index (χ1v) is 9.32. The van der Waals surface area contributed by atoms with E-state index in [9.17, 15) is 14.0 Å². The number of hydrogen-bond donors (Lipinski definition) is 1. The van der Waals surface area contributed by atoms with Crippen molar-refractivity contribution < 1.29 is 14.0 Å². The van der Waals surface area contributed by atoms with E-state index >= 15 is 0 Å². The van der Waals surface area contributed by atoms with E-state index in [1.54, 1.807) is 11.9 Å². The van der Waals surface area contributed by atoms with Crippen LogP contribution >= 0.6 is 0 Å². The number of anilines is 2. The fourth-order valence-corrected chi connectivity index (χ4v) is 4.02. The molecule has 1 N–H and O–H groups in total. The fraction of sp³-hybridized carbons (Fsp3) is 0.174. The highest BCUT2D eigenvalue weighted by molar-refractivity contribution is 6.10. The predicted octanol–water partition coefficient (Wildman–Crippen LogP) is 3.71. The van der Waals surface area contributed by atoms with Crippen LogP contribution in [0.2, 0.25) is 0 Å². The molecule has 29 heavy (non-hydrogen) atoms. The SMILES string of the molecule is CN1C(=O)C(CC(=O)Nc2cncc(F)c2)(Cc2ccccc2)c2ccccc21. The summed E-state index contributed by atoms with van der Waals surface area (Å²) in [7, 11) is 1.72. The second-order valence-electron chi connectivity index (χ2n) is 7.24. The molecule has 146 valence electrons. The number of fused-ring (bicyclic) bond motifs is 1. The monoisotopic (exact) mass is 389 g/mol. The number of carbonyl (C=O) groups excluding carboxylic acids is 2. The molecule has 2 amide bonds. The number of hydrogen-bond acceptors (Lipinski definition) is 3. The Balaban J connectivity index is 1.72. The van der Waals surface area contributed by atoms with E-state index in [0.717, 1.165) is 23.0 Å². The van der Waals surface area contributed by atoms with Crippen LogP contribution in [0.4, 0.5) is 15.8 Å². The van der Waals surface area contributed by atoms with Crippen molar-refractivity contribution >= 4 is 23.2 Å². The molecule has 1 aromatic heterocycles. The van der Waals surface area contributed by atoms with Gasteiger partial charge in [0.2, 0.25) is 11.8 Å². The van der Waals surface area contributed by atoms with Crippen molar-refractivity contribution in [2.75, 3.05) is 17.3 Å². The van der Waals surface area contributed by atoms with Gasteiger partial charge in [0.1, 0.15) is 5.82 Å². The number of rotatable bonds is 5. The summed E-state index contributed by atoms with van der Waals surface area (Å²) in [5.41, 5.74) is 1.82. The van der Waals surface area contributed by atoms with Crippen LogP contribution in [0.3, 0.4) is 0 Å². The van der Waals surface area contributed by atoms with Crippen LogP contribution in [-0.4, -0.2) is 23.8 Å². The van der Waals surface area contributed by atoms with Gasteiger partial charge in [-0.3, -0.25) is 14.6 Å². The minimum Gasteiger partial charge on any atom is -0.325 e. The molecule has 4 rings (SSSR count). The molecule has 2 aromatic carbocycles. The van der Waals surface area contributed by atoms with Crippen molar-refractivity contribution in [1.82, 2.24) is 4.98 Å². The Morgan fingerprint density at radius 2 is 1.83 bits per heavy atom. The molecule has 0 radical (unpaired) electrons. The number of para-hydroxylation sites is 1. The largest absolute Gasteiger partial charge is 0.325 e. The van der Waals surface area contributed by atoms with E-state index in [4.69, 9.17) is 0 Å². The number of aromatic nitrogens is 1. The molecule has 1 unspecified atom stereocenters. The first-order chi connectivity index (χ1) is 14.0. The number of pyridine rings is 1. The van der Waals surface area contributed by atoms with Crippen molar-refractivity contribution in [1.29, 1.82) is 0 Å². The summed E-state index contributed by atoms with van der Waals surface area (Å²) in [6.07, 6.45) is 2.78. The van der Waals surface area contributed by atoms with E-state index in [-0.39, 0.29) is 23.9 Å². The third kappa shape index (κ3) is 3.49. The molecule has 6 heteroatoms. The van der Waals surface area contributed by atoms with Crippen LogP contribution in [-0.2, 0) is 21.4 Å². The average Bonchev–Trinajstić information content (AvgIpc) is 2.91. The van der Waals surface area contributed by atoms with Gasteiger partial charge in [-0.15, -0.1) is 0 Å². The van der Waals surface area contributed by atoms with Gasteiger partial charge in [0, 0.05) is 25.2 Å². The van der Waals surface area contributed by atoms with Crippen LogP contribution in [0.1, 0.15) is 17.5 Å². The van der Waals surface area contributed by atoms with Crippen molar-refractivity contribution in [2.45, 2.75) is 18.3 Å². The Labute approximate surface area is 168 Å². The number of carbonyl (C=O) groups is 2. The van der Waals surface area contributed by atoms with Crippen LogP contribution in [0.25, 0.3) is 0 Å². The molecule has 0 aliphatic carbocycles. The van der Waals surface area contributed by atoms with Gasteiger partial charge in [0.25, 0.3) is 0 Å². The van der Waals surface area contributed by atoms with Crippen LogP contribution < -0.4 is 10.2 Å². The smallest absolute Gasteiger partial charge is 0.238 e. The molecule has 0 spiro atoms. The van der Waals surface area contributed by atoms with Crippen molar-refractivity contribution in [3.63, 3.8) is 0 Å². The Morgan fingerprint density at radius 1 is 1.10 bits per heavy atom. The molecule has 0 saturated heterocycles. The van der Waals surface area contributed by atoms with E-state index in [2.05, 4.69) is 10.3 Å². The highest BCUT2D eigenvalue weighted by Crippen LogP contribution is 2.45. The Kier molecular flexibility index (Phi) is 4.84. The number of nitrogens with zero attached hydrogens (tertiary/aromatic N) is 2. The lowest BCUT2D eigenvalue weighted by molar-refractivity contribution is -0.127. The molecular formula is C23H20FN3O2. The van der Waals surface area contributed by atoms with Gasteiger partial charge in [-0.05, 0) is 23.6 Å². The molecule has 3 aromatic rings. The van der Waals surface area contributed by atoms with Gasteiger partial charge in [-0.25, -0.2) is 4.39 Å². The van der Waals surface area contributed by atoms with Gasteiger partial charge < -0.3 is 10.2 Å². The maximum absolute atomic E-state index is 13.4. The number of likely N-dealkylation sites (N-methyl/N-ethyl adjacent to an activating group) is 1. The van der Waals surface area contributed by atoms with Gasteiger partial charge >= 0.3 is 0 Å². The molecule has 2 heterocycles. The number of halogens is 1. The van der Waals surface area contributed by atoms with Gasteiger partial charge in [-0.1, -0.05) is 48.5 Å². The zero-order valence-electron chi connectivity index (χ0n) is 15.9. The lowest BCUT2D eigenvalue weighted by Crippen LogP contribution is -2.43. The van der Waals surface area contributed by atoms with Crippen LogP contribution in [0, 0.1) is 5.82 Å². The maximum Gasteiger partial charge on any atom is 0.238 e. The van der Waals surface area contributed by atoms with E-state index in [0.29, 0.717) is 6.42 Å². The normalized spacial score (nSPS) is 17.9.